The Morgan fingerprint density at radius 3 is 2.33 bits per heavy atom. The topological polar surface area (TPSA) is 75.6 Å². The predicted molar refractivity (Wildman–Crippen MR) is 71.3 cm³/mol. The van der Waals surface area contributed by atoms with Gasteiger partial charge in [-0.25, -0.2) is 4.79 Å². The van der Waals surface area contributed by atoms with Crippen molar-refractivity contribution >= 4 is 11.9 Å². The zero-order valence-corrected chi connectivity index (χ0v) is 11.7. The average molecular weight is 301 g/mol. The number of nitrogens with one attached hydrogen (secondary N) is 1. The van der Waals surface area contributed by atoms with Gasteiger partial charge in [0.25, 0.3) is 0 Å². The van der Waals surface area contributed by atoms with Crippen LogP contribution in [-0.2, 0) is 16.0 Å². The standard InChI is InChI=1S/C14H17F2NO4/c1-14(2,12(19)20)17-11(18)8-5-9-3-6-10(7-4-9)21-13(15)16/h3-4,6-7,13H,5,8H2,1-2H3,(H,17,18)(H,19,20). The van der Waals surface area contributed by atoms with Crippen LogP contribution in [0.15, 0.2) is 24.3 Å². The summed E-state index contributed by atoms with van der Waals surface area (Å²) in [7, 11) is 0. The highest BCUT2D eigenvalue weighted by Gasteiger charge is 2.28. The maximum Gasteiger partial charge on any atom is 0.387 e. The number of aliphatic carboxylic acids is 1. The van der Waals surface area contributed by atoms with Gasteiger partial charge in [-0.05, 0) is 38.0 Å². The van der Waals surface area contributed by atoms with Crippen molar-refractivity contribution in [3.63, 3.8) is 0 Å². The van der Waals surface area contributed by atoms with E-state index in [1.165, 1.54) is 26.0 Å². The number of aryl methyl sites for hydroxylation is 1. The van der Waals surface area contributed by atoms with Crippen LogP contribution in [0.25, 0.3) is 0 Å². The summed E-state index contributed by atoms with van der Waals surface area (Å²) in [6.45, 7) is -0.0900. The molecule has 5 nitrogen and oxygen atoms in total. The lowest BCUT2D eigenvalue weighted by Gasteiger charge is -2.20. The molecule has 1 rings (SSSR count). The number of rotatable bonds is 7. The highest BCUT2D eigenvalue weighted by molar-refractivity contribution is 5.86. The summed E-state index contributed by atoms with van der Waals surface area (Å²) < 4.78 is 28.2. The number of carbonyl (C=O) groups excluding carboxylic acids is 1. The Morgan fingerprint density at radius 2 is 1.86 bits per heavy atom. The molecular formula is C14H17F2NO4. The van der Waals surface area contributed by atoms with Gasteiger partial charge in [0.1, 0.15) is 11.3 Å². The fourth-order valence-electron chi connectivity index (χ4n) is 1.56. The number of carboxylic acid groups (broad SMARTS) is 1. The Kier molecular flexibility index (Phi) is 5.63. The van der Waals surface area contributed by atoms with E-state index in [0.717, 1.165) is 5.56 Å². The quantitative estimate of drug-likeness (QED) is 0.809. The number of carboxylic acids is 1. The lowest BCUT2D eigenvalue weighted by molar-refractivity contribution is -0.146. The minimum absolute atomic E-state index is 0.0465. The van der Waals surface area contributed by atoms with Crippen molar-refractivity contribution in [2.24, 2.45) is 0 Å². The maximum atomic E-state index is 12.0. The molecule has 0 unspecified atom stereocenters. The summed E-state index contributed by atoms with van der Waals surface area (Å²) in [5, 5.41) is 11.3. The third kappa shape index (κ3) is 5.76. The van der Waals surface area contributed by atoms with Crippen LogP contribution in [0.3, 0.4) is 0 Å². The van der Waals surface area contributed by atoms with Crippen LogP contribution in [0.5, 0.6) is 5.75 Å². The molecule has 0 radical (unpaired) electrons. The third-order valence-electron chi connectivity index (χ3n) is 2.78. The molecule has 0 bridgehead atoms. The molecule has 2 N–H and O–H groups in total. The van der Waals surface area contributed by atoms with Crippen LogP contribution in [0, 0.1) is 0 Å². The van der Waals surface area contributed by atoms with Gasteiger partial charge in [-0.2, -0.15) is 8.78 Å². The fraction of sp³-hybridized carbons (Fsp3) is 0.429. The molecule has 1 amide bonds. The SMILES string of the molecule is CC(C)(NC(=O)CCc1ccc(OC(F)F)cc1)C(=O)O. The van der Waals surface area contributed by atoms with E-state index in [2.05, 4.69) is 10.1 Å². The molecular weight excluding hydrogens is 284 g/mol. The summed E-state index contributed by atoms with van der Waals surface area (Å²) >= 11 is 0. The molecule has 116 valence electrons. The van der Waals surface area contributed by atoms with E-state index >= 15 is 0 Å². The monoisotopic (exact) mass is 301 g/mol. The number of halogens is 2. The van der Waals surface area contributed by atoms with Gasteiger partial charge < -0.3 is 15.2 Å². The van der Waals surface area contributed by atoms with Gasteiger partial charge in [-0.15, -0.1) is 0 Å². The molecule has 0 aliphatic rings. The molecule has 0 aliphatic carbocycles. The first-order valence-corrected chi connectivity index (χ1v) is 6.29. The zero-order valence-electron chi connectivity index (χ0n) is 11.7. The van der Waals surface area contributed by atoms with Crippen LogP contribution in [0.4, 0.5) is 8.78 Å². The predicted octanol–water partition coefficient (Wildman–Crippen LogP) is 2.20. The summed E-state index contributed by atoms with van der Waals surface area (Å²) in [5.74, 6) is -1.47. The number of amides is 1. The second kappa shape index (κ2) is 7.01. The number of hydrogen-bond donors (Lipinski definition) is 2. The van der Waals surface area contributed by atoms with Crippen LogP contribution < -0.4 is 10.1 Å². The van der Waals surface area contributed by atoms with E-state index in [0.29, 0.717) is 6.42 Å². The largest absolute Gasteiger partial charge is 0.480 e. The van der Waals surface area contributed by atoms with Crippen LogP contribution in [0.2, 0.25) is 0 Å². The summed E-state index contributed by atoms with van der Waals surface area (Å²) in [5.41, 5.74) is -0.564. The van der Waals surface area contributed by atoms with Crippen molar-refractivity contribution in [1.29, 1.82) is 0 Å². The Labute approximate surface area is 120 Å². The molecule has 7 heteroatoms. The maximum absolute atomic E-state index is 12.0. The van der Waals surface area contributed by atoms with Gasteiger partial charge in [0.2, 0.25) is 5.91 Å². The van der Waals surface area contributed by atoms with E-state index in [1.807, 2.05) is 0 Å². The van der Waals surface area contributed by atoms with Gasteiger partial charge in [0, 0.05) is 6.42 Å². The summed E-state index contributed by atoms with van der Waals surface area (Å²) in [4.78, 5) is 22.5. The molecule has 0 saturated carbocycles. The first-order valence-electron chi connectivity index (χ1n) is 6.29. The minimum Gasteiger partial charge on any atom is -0.480 e. The number of carbonyl (C=O) groups is 2. The number of ether oxygens (including phenoxy) is 1. The molecule has 1 aromatic carbocycles. The molecule has 0 saturated heterocycles. The van der Waals surface area contributed by atoms with E-state index in [-0.39, 0.29) is 12.2 Å². The molecule has 1 aromatic rings. The normalized spacial score (nSPS) is 11.3. The molecule has 0 heterocycles. The molecule has 0 spiro atoms. The molecule has 21 heavy (non-hydrogen) atoms. The molecule has 0 aromatic heterocycles. The van der Waals surface area contributed by atoms with Gasteiger partial charge in [0.05, 0.1) is 0 Å². The number of benzene rings is 1. The van der Waals surface area contributed by atoms with Crippen molar-refractivity contribution in [1.82, 2.24) is 5.32 Å². The van der Waals surface area contributed by atoms with E-state index < -0.39 is 24.0 Å². The van der Waals surface area contributed by atoms with Crippen LogP contribution in [-0.4, -0.2) is 29.1 Å². The lowest BCUT2D eigenvalue weighted by atomic mass is 10.0. The Hall–Kier alpha value is -2.18. The van der Waals surface area contributed by atoms with Crippen LogP contribution in [0.1, 0.15) is 25.8 Å². The van der Waals surface area contributed by atoms with Gasteiger partial charge in [-0.3, -0.25) is 4.79 Å². The highest BCUT2D eigenvalue weighted by atomic mass is 19.3. The number of alkyl halides is 2. The van der Waals surface area contributed by atoms with Crippen molar-refractivity contribution in [2.75, 3.05) is 0 Å². The Morgan fingerprint density at radius 1 is 1.29 bits per heavy atom. The Balaban J connectivity index is 2.48. The highest BCUT2D eigenvalue weighted by Crippen LogP contribution is 2.16. The minimum atomic E-state index is -2.88. The molecule has 0 fully saturated rings. The van der Waals surface area contributed by atoms with Crippen LogP contribution >= 0.6 is 0 Å². The second-order valence-electron chi connectivity index (χ2n) is 5.00. The van der Waals surface area contributed by atoms with E-state index in [9.17, 15) is 18.4 Å². The number of hydrogen-bond acceptors (Lipinski definition) is 3. The first kappa shape index (κ1) is 16.9. The average Bonchev–Trinajstić information content (AvgIpc) is 2.36. The van der Waals surface area contributed by atoms with Gasteiger partial charge >= 0.3 is 12.6 Å². The van der Waals surface area contributed by atoms with E-state index in [1.54, 1.807) is 12.1 Å². The molecule has 0 aliphatic heterocycles. The van der Waals surface area contributed by atoms with E-state index in [4.69, 9.17) is 5.11 Å². The first-order chi connectivity index (χ1) is 9.70. The smallest absolute Gasteiger partial charge is 0.387 e. The van der Waals surface area contributed by atoms with Crippen molar-refractivity contribution in [2.45, 2.75) is 38.8 Å². The lowest BCUT2D eigenvalue weighted by Crippen LogP contribution is -2.49. The Bertz CT molecular complexity index is 500. The molecule has 0 atom stereocenters. The third-order valence-corrected chi connectivity index (χ3v) is 2.78. The summed E-state index contributed by atoms with van der Waals surface area (Å²) in [6.07, 6.45) is 0.474. The second-order valence-corrected chi connectivity index (χ2v) is 5.00. The fourth-order valence-corrected chi connectivity index (χ4v) is 1.56. The van der Waals surface area contributed by atoms with Crippen molar-refractivity contribution in [3.05, 3.63) is 29.8 Å². The van der Waals surface area contributed by atoms with Gasteiger partial charge in [0.15, 0.2) is 0 Å². The van der Waals surface area contributed by atoms with Gasteiger partial charge in [-0.1, -0.05) is 12.1 Å². The van der Waals surface area contributed by atoms with Crippen molar-refractivity contribution < 1.29 is 28.2 Å². The van der Waals surface area contributed by atoms with Crippen molar-refractivity contribution in [3.8, 4) is 5.75 Å². The summed E-state index contributed by atoms with van der Waals surface area (Å²) in [6, 6.07) is 5.93. The zero-order chi connectivity index (χ0) is 16.0.